The third-order valence-corrected chi connectivity index (χ3v) is 8.16. The molecule has 33 heavy (non-hydrogen) atoms. The maximum atomic E-state index is 5.14. The van der Waals surface area contributed by atoms with Gasteiger partial charge in [-0.05, 0) is 47.8 Å². The van der Waals surface area contributed by atoms with Gasteiger partial charge in [0.25, 0.3) is 4.33 Å². The van der Waals surface area contributed by atoms with Crippen LogP contribution in [0.15, 0.2) is 132 Å². The van der Waals surface area contributed by atoms with Crippen LogP contribution in [0.25, 0.3) is 0 Å². The van der Waals surface area contributed by atoms with E-state index >= 15 is 0 Å². The molecule has 1 spiro atoms. The molecule has 4 aromatic rings. The highest BCUT2D eigenvalue weighted by Gasteiger charge is 2.55. The van der Waals surface area contributed by atoms with Gasteiger partial charge in [-0.25, -0.2) is 10.0 Å². The van der Waals surface area contributed by atoms with Crippen LogP contribution in [0.4, 0.5) is 11.4 Å². The number of para-hydroxylation sites is 2. The molecule has 0 bridgehead atoms. The van der Waals surface area contributed by atoms with Crippen LogP contribution < -0.4 is 10.0 Å². The van der Waals surface area contributed by atoms with Crippen molar-refractivity contribution in [2.45, 2.75) is 4.33 Å². The molecule has 0 fully saturated rings. The van der Waals surface area contributed by atoms with E-state index < -0.39 is 4.33 Å². The van der Waals surface area contributed by atoms with Crippen molar-refractivity contribution in [1.82, 2.24) is 0 Å². The third-order valence-electron chi connectivity index (χ3n) is 5.42. The fraction of sp³-hybridized carbons (Fsp3) is 0.0370. The van der Waals surface area contributed by atoms with Crippen LogP contribution in [0.1, 0.15) is 11.1 Å². The monoisotopic (exact) mass is 464 g/mol. The molecule has 0 aromatic heterocycles. The maximum absolute atomic E-state index is 5.14. The van der Waals surface area contributed by atoms with Crippen molar-refractivity contribution in [3.8, 4) is 0 Å². The smallest absolute Gasteiger partial charge is 0.217 e. The van der Waals surface area contributed by atoms with E-state index in [0.717, 1.165) is 32.6 Å². The lowest BCUT2D eigenvalue weighted by Crippen LogP contribution is -2.48. The van der Waals surface area contributed by atoms with Crippen LogP contribution in [-0.4, -0.2) is 14.4 Å². The van der Waals surface area contributed by atoms with Gasteiger partial charge in [0.15, 0.2) is 0 Å². The Balaban J connectivity index is 1.52. The molecular weight excluding hydrogens is 444 g/mol. The summed E-state index contributed by atoms with van der Waals surface area (Å²) in [6, 6.07) is 41.4. The van der Waals surface area contributed by atoms with Gasteiger partial charge in [0, 0.05) is 11.1 Å². The molecule has 2 aliphatic rings. The minimum Gasteiger partial charge on any atom is -0.217 e. The van der Waals surface area contributed by atoms with E-state index in [4.69, 9.17) is 10.2 Å². The number of hydrogen-bond acceptors (Lipinski definition) is 6. The fourth-order valence-electron chi connectivity index (χ4n) is 3.86. The summed E-state index contributed by atoms with van der Waals surface area (Å²) >= 11 is 3.46. The fourth-order valence-corrected chi connectivity index (χ4v) is 6.69. The van der Waals surface area contributed by atoms with E-state index in [0.29, 0.717) is 0 Å². The van der Waals surface area contributed by atoms with Crippen LogP contribution >= 0.6 is 23.5 Å². The number of hydrogen-bond donors (Lipinski definition) is 0. The zero-order chi connectivity index (χ0) is 22.1. The van der Waals surface area contributed by atoms with Gasteiger partial charge in [-0.1, -0.05) is 97.1 Å². The van der Waals surface area contributed by atoms with Gasteiger partial charge in [-0.3, -0.25) is 0 Å². The second-order valence-electron chi connectivity index (χ2n) is 7.59. The van der Waals surface area contributed by atoms with Crippen LogP contribution in [0, 0.1) is 0 Å². The van der Waals surface area contributed by atoms with Gasteiger partial charge in [0.1, 0.15) is 10.1 Å². The Kier molecular flexibility index (Phi) is 5.17. The first-order chi connectivity index (χ1) is 16.3. The quantitative estimate of drug-likeness (QED) is 0.331. The molecule has 4 aromatic carbocycles. The van der Waals surface area contributed by atoms with E-state index in [1.54, 1.807) is 23.5 Å². The Morgan fingerprint density at radius 1 is 0.455 bits per heavy atom. The SMILES string of the molecule is c1ccc(C2=NN(c3ccccc3)C3(S2)SC(c2ccccc2)=NN3c2ccccc2)cc1. The number of anilines is 2. The molecule has 0 saturated heterocycles. The van der Waals surface area contributed by atoms with Crippen molar-refractivity contribution in [3.63, 3.8) is 0 Å². The third kappa shape index (κ3) is 3.61. The van der Waals surface area contributed by atoms with E-state index in [9.17, 15) is 0 Å². The average Bonchev–Trinajstić information content (AvgIpc) is 3.48. The lowest BCUT2D eigenvalue weighted by Gasteiger charge is -2.38. The van der Waals surface area contributed by atoms with Crippen LogP contribution in [-0.2, 0) is 0 Å². The summed E-state index contributed by atoms with van der Waals surface area (Å²) in [4.78, 5) is 0. The first-order valence-electron chi connectivity index (χ1n) is 10.7. The topological polar surface area (TPSA) is 31.2 Å². The molecule has 0 radical (unpaired) electrons. The van der Waals surface area contributed by atoms with E-state index in [1.165, 1.54) is 0 Å². The largest absolute Gasteiger partial charge is 0.261 e. The Morgan fingerprint density at radius 3 is 1.15 bits per heavy atom. The first-order valence-corrected chi connectivity index (χ1v) is 12.3. The predicted octanol–water partition coefficient (Wildman–Crippen LogP) is 6.83. The molecule has 2 heterocycles. The highest BCUT2D eigenvalue weighted by Crippen LogP contribution is 2.56. The van der Waals surface area contributed by atoms with Gasteiger partial charge in [0.05, 0.1) is 11.4 Å². The second kappa shape index (κ2) is 8.46. The van der Waals surface area contributed by atoms with Gasteiger partial charge in [0.2, 0.25) is 0 Å². The average molecular weight is 465 g/mol. The van der Waals surface area contributed by atoms with Crippen molar-refractivity contribution >= 4 is 45.0 Å². The van der Waals surface area contributed by atoms with Crippen molar-refractivity contribution in [2.75, 3.05) is 10.0 Å². The minimum atomic E-state index is -0.626. The van der Waals surface area contributed by atoms with Crippen LogP contribution in [0.5, 0.6) is 0 Å². The molecule has 160 valence electrons. The molecule has 0 amide bonds. The molecule has 0 N–H and O–H groups in total. The summed E-state index contributed by atoms with van der Waals surface area (Å²) in [5.74, 6) is 0. The number of benzene rings is 4. The van der Waals surface area contributed by atoms with E-state index in [2.05, 4.69) is 107 Å². The van der Waals surface area contributed by atoms with Gasteiger partial charge in [-0.2, -0.15) is 10.2 Å². The van der Waals surface area contributed by atoms with E-state index in [1.807, 2.05) is 24.3 Å². The molecule has 0 unspecified atom stereocenters. The summed E-state index contributed by atoms with van der Waals surface area (Å²) in [6.07, 6.45) is 0. The Morgan fingerprint density at radius 2 is 0.788 bits per heavy atom. The summed E-state index contributed by atoms with van der Waals surface area (Å²) in [7, 11) is 0. The van der Waals surface area contributed by atoms with Gasteiger partial charge >= 0.3 is 0 Å². The first kappa shape index (κ1) is 20.1. The Bertz CT molecular complexity index is 1200. The van der Waals surface area contributed by atoms with Crippen LogP contribution in [0.3, 0.4) is 0 Å². The normalized spacial score (nSPS) is 16.7. The molecule has 0 atom stereocenters. The highest BCUT2D eigenvalue weighted by molar-refractivity contribution is 8.32. The number of nitrogens with zero attached hydrogens (tertiary/aromatic N) is 4. The van der Waals surface area contributed by atoms with Crippen molar-refractivity contribution in [1.29, 1.82) is 0 Å². The molecular formula is C27H20N4S2. The second-order valence-corrected chi connectivity index (χ2v) is 10.2. The van der Waals surface area contributed by atoms with Gasteiger partial charge in [-0.15, -0.1) is 0 Å². The van der Waals surface area contributed by atoms with Crippen molar-refractivity contribution in [2.24, 2.45) is 10.2 Å². The molecule has 4 nitrogen and oxygen atoms in total. The lowest BCUT2D eigenvalue weighted by molar-refractivity contribution is 0.709. The number of rotatable bonds is 4. The Labute approximate surface area is 201 Å². The van der Waals surface area contributed by atoms with E-state index in [-0.39, 0.29) is 0 Å². The molecule has 6 heteroatoms. The zero-order valence-corrected chi connectivity index (χ0v) is 19.3. The summed E-state index contributed by atoms with van der Waals surface area (Å²) in [5, 5.41) is 16.4. The zero-order valence-electron chi connectivity index (χ0n) is 17.7. The van der Waals surface area contributed by atoms with Crippen molar-refractivity contribution in [3.05, 3.63) is 132 Å². The van der Waals surface area contributed by atoms with Gasteiger partial charge < -0.3 is 0 Å². The number of hydrazone groups is 2. The summed E-state index contributed by atoms with van der Waals surface area (Å²) < 4.78 is -0.626. The minimum absolute atomic E-state index is 0.626. The highest BCUT2D eigenvalue weighted by atomic mass is 32.2. The number of thioether (sulfide) groups is 2. The van der Waals surface area contributed by atoms with Crippen LogP contribution in [0.2, 0.25) is 0 Å². The maximum Gasteiger partial charge on any atom is 0.261 e. The summed E-state index contributed by atoms with van der Waals surface area (Å²) in [6.45, 7) is 0. The van der Waals surface area contributed by atoms with Crippen molar-refractivity contribution < 1.29 is 0 Å². The molecule has 0 aliphatic carbocycles. The molecule has 0 saturated carbocycles. The Hall–Kier alpha value is -3.48. The predicted molar refractivity (Wildman–Crippen MR) is 142 cm³/mol. The standard InChI is InChI=1S/C27H20N4S2/c1-5-13-21(14-6-1)25-28-30(23-17-9-3-10-18-23)27(32-25)31(24-19-11-4-12-20-24)29-26(33-27)22-15-7-2-8-16-22/h1-20H. The lowest BCUT2D eigenvalue weighted by atomic mass is 10.2. The molecule has 6 rings (SSSR count). The summed E-state index contributed by atoms with van der Waals surface area (Å²) in [5.41, 5.74) is 4.24. The molecule has 2 aliphatic heterocycles.